The van der Waals surface area contributed by atoms with Crippen molar-refractivity contribution in [1.29, 1.82) is 0 Å². The van der Waals surface area contributed by atoms with Crippen LogP contribution in [0.15, 0.2) is 0 Å². The van der Waals surface area contributed by atoms with Crippen molar-refractivity contribution in [2.45, 2.75) is 39.2 Å². The largest absolute Gasteiger partial charge is 0.341 e. The molecule has 1 fully saturated rings. The summed E-state index contributed by atoms with van der Waals surface area (Å²) in [5.41, 5.74) is -0.195. The molecule has 0 spiro atoms. The first-order valence-electron chi connectivity index (χ1n) is 5.51. The summed E-state index contributed by atoms with van der Waals surface area (Å²) in [5, 5.41) is 2.81. The first kappa shape index (κ1) is 12.1. The molecule has 0 aromatic heterocycles. The first-order chi connectivity index (χ1) is 6.97. The van der Waals surface area contributed by atoms with Gasteiger partial charge in [0, 0.05) is 5.54 Å². The predicted molar refractivity (Wildman–Crippen MR) is 61.3 cm³/mol. The Morgan fingerprint density at radius 2 is 1.93 bits per heavy atom. The number of amides is 1. The quantitative estimate of drug-likeness (QED) is 0.652. The Kier molecular flexibility index (Phi) is 4.16. The zero-order valence-electron chi connectivity index (χ0n) is 9.89. The Hall–Kier alpha value is -1.01. The Bertz CT molecular complexity index is 274. The van der Waals surface area contributed by atoms with Crippen LogP contribution < -0.4 is 5.32 Å². The molecular weight excluding hydrogens is 188 g/mol. The Balaban J connectivity index is 2.27. The molecule has 1 aliphatic heterocycles. The van der Waals surface area contributed by atoms with E-state index in [0.29, 0.717) is 0 Å². The van der Waals surface area contributed by atoms with E-state index in [1.165, 1.54) is 12.8 Å². The summed E-state index contributed by atoms with van der Waals surface area (Å²) >= 11 is 0. The lowest BCUT2D eigenvalue weighted by Gasteiger charge is -2.18. The number of hydrogen-bond donors (Lipinski definition) is 1. The summed E-state index contributed by atoms with van der Waals surface area (Å²) in [7, 11) is 0. The number of carbonyl (C=O) groups is 1. The van der Waals surface area contributed by atoms with E-state index in [1.54, 1.807) is 0 Å². The van der Waals surface area contributed by atoms with Gasteiger partial charge in [-0.15, -0.1) is 0 Å². The zero-order chi connectivity index (χ0) is 11.3. The lowest BCUT2D eigenvalue weighted by Crippen LogP contribution is -2.39. The molecule has 3 heteroatoms. The molecule has 1 rings (SSSR count). The highest BCUT2D eigenvalue weighted by Gasteiger charge is 2.12. The van der Waals surface area contributed by atoms with Crippen molar-refractivity contribution in [3.05, 3.63) is 0 Å². The van der Waals surface area contributed by atoms with Gasteiger partial charge in [-0.2, -0.15) is 0 Å². The van der Waals surface area contributed by atoms with Crippen LogP contribution in [0.3, 0.4) is 0 Å². The highest BCUT2D eigenvalue weighted by atomic mass is 16.1. The van der Waals surface area contributed by atoms with E-state index in [4.69, 9.17) is 0 Å². The predicted octanol–water partition coefficient (Wildman–Crippen LogP) is 1.00. The van der Waals surface area contributed by atoms with E-state index in [9.17, 15) is 4.79 Å². The van der Waals surface area contributed by atoms with Crippen LogP contribution in [-0.4, -0.2) is 36.0 Å². The fourth-order valence-electron chi connectivity index (χ4n) is 1.54. The molecule has 0 aliphatic carbocycles. The number of nitrogens with one attached hydrogen (secondary N) is 1. The van der Waals surface area contributed by atoms with Gasteiger partial charge in [0.05, 0.1) is 6.54 Å². The van der Waals surface area contributed by atoms with Crippen molar-refractivity contribution in [3.63, 3.8) is 0 Å². The van der Waals surface area contributed by atoms with Crippen LogP contribution >= 0.6 is 0 Å². The first-order valence-corrected chi connectivity index (χ1v) is 5.51. The monoisotopic (exact) mass is 208 g/mol. The van der Waals surface area contributed by atoms with Gasteiger partial charge in [-0.1, -0.05) is 5.92 Å². The van der Waals surface area contributed by atoms with Gasteiger partial charge in [-0.05, 0) is 52.6 Å². The molecule has 0 saturated carbocycles. The van der Waals surface area contributed by atoms with Crippen LogP contribution in [0.2, 0.25) is 0 Å². The maximum atomic E-state index is 11.3. The summed E-state index contributed by atoms with van der Waals surface area (Å²) < 4.78 is 0. The van der Waals surface area contributed by atoms with Gasteiger partial charge in [0.1, 0.15) is 0 Å². The minimum absolute atomic E-state index is 0.179. The fourth-order valence-corrected chi connectivity index (χ4v) is 1.54. The molecule has 84 valence electrons. The second-order valence-electron chi connectivity index (χ2n) is 4.99. The molecular formula is C12H20N2O. The molecule has 1 saturated heterocycles. The van der Waals surface area contributed by atoms with Crippen molar-refractivity contribution in [2.75, 3.05) is 19.6 Å². The summed E-state index contributed by atoms with van der Waals surface area (Å²) in [4.78, 5) is 13.6. The SMILES string of the molecule is CC(C)(C)NC(=O)C#CCN1CCCC1. The van der Waals surface area contributed by atoms with E-state index in [2.05, 4.69) is 22.1 Å². The van der Waals surface area contributed by atoms with E-state index in [-0.39, 0.29) is 11.4 Å². The Labute approximate surface area is 92.2 Å². The minimum Gasteiger partial charge on any atom is -0.341 e. The molecule has 1 aliphatic rings. The highest BCUT2D eigenvalue weighted by molar-refractivity contribution is 5.93. The van der Waals surface area contributed by atoms with Crippen molar-refractivity contribution in [2.24, 2.45) is 0 Å². The molecule has 0 unspecified atom stereocenters. The summed E-state index contributed by atoms with van der Waals surface area (Å²) in [6.45, 7) is 8.82. The lowest BCUT2D eigenvalue weighted by molar-refractivity contribution is -0.117. The average Bonchev–Trinajstić information content (AvgIpc) is 2.53. The molecule has 15 heavy (non-hydrogen) atoms. The molecule has 0 aromatic carbocycles. The summed E-state index contributed by atoms with van der Waals surface area (Å²) in [5.74, 6) is 5.36. The smallest absolute Gasteiger partial charge is 0.296 e. The second kappa shape index (κ2) is 5.18. The number of carbonyl (C=O) groups excluding carboxylic acids is 1. The van der Waals surface area contributed by atoms with Gasteiger partial charge in [-0.25, -0.2) is 0 Å². The molecule has 0 bridgehead atoms. The number of rotatable bonds is 1. The Morgan fingerprint density at radius 1 is 1.33 bits per heavy atom. The number of hydrogen-bond acceptors (Lipinski definition) is 2. The van der Waals surface area contributed by atoms with Gasteiger partial charge in [-0.3, -0.25) is 9.69 Å². The van der Waals surface area contributed by atoms with E-state index < -0.39 is 0 Å². The van der Waals surface area contributed by atoms with Crippen molar-refractivity contribution in [1.82, 2.24) is 10.2 Å². The molecule has 3 nitrogen and oxygen atoms in total. The van der Waals surface area contributed by atoms with Crippen LogP contribution in [0.5, 0.6) is 0 Å². The third-order valence-electron chi connectivity index (χ3n) is 2.19. The molecule has 1 amide bonds. The van der Waals surface area contributed by atoms with E-state index in [1.807, 2.05) is 20.8 Å². The lowest BCUT2D eigenvalue weighted by atomic mass is 10.1. The van der Waals surface area contributed by atoms with Crippen LogP contribution in [0, 0.1) is 11.8 Å². The van der Waals surface area contributed by atoms with Crippen LogP contribution in [0.25, 0.3) is 0 Å². The van der Waals surface area contributed by atoms with E-state index >= 15 is 0 Å². The van der Waals surface area contributed by atoms with Crippen LogP contribution in [0.1, 0.15) is 33.6 Å². The van der Waals surface area contributed by atoms with Crippen molar-refractivity contribution in [3.8, 4) is 11.8 Å². The standard InChI is InChI=1S/C12H20N2O/c1-12(2,3)13-11(15)7-6-10-14-8-4-5-9-14/h4-5,8-10H2,1-3H3,(H,13,15). The normalized spacial score (nSPS) is 17.0. The van der Waals surface area contributed by atoms with Gasteiger partial charge in [0.2, 0.25) is 0 Å². The molecule has 0 atom stereocenters. The zero-order valence-corrected chi connectivity index (χ0v) is 9.89. The molecule has 0 radical (unpaired) electrons. The maximum absolute atomic E-state index is 11.3. The van der Waals surface area contributed by atoms with Gasteiger partial charge in [0.15, 0.2) is 0 Å². The van der Waals surface area contributed by atoms with Gasteiger partial charge in [0.25, 0.3) is 5.91 Å². The van der Waals surface area contributed by atoms with Crippen molar-refractivity contribution < 1.29 is 4.79 Å². The van der Waals surface area contributed by atoms with E-state index in [0.717, 1.165) is 19.6 Å². The molecule has 1 heterocycles. The van der Waals surface area contributed by atoms with Gasteiger partial charge >= 0.3 is 0 Å². The molecule has 0 aromatic rings. The number of likely N-dealkylation sites (tertiary alicyclic amines) is 1. The topological polar surface area (TPSA) is 32.3 Å². The highest BCUT2D eigenvalue weighted by Crippen LogP contribution is 2.05. The van der Waals surface area contributed by atoms with Crippen LogP contribution in [-0.2, 0) is 4.79 Å². The minimum atomic E-state index is -0.195. The van der Waals surface area contributed by atoms with Gasteiger partial charge < -0.3 is 5.32 Å². The molecule has 1 N–H and O–H groups in total. The average molecular weight is 208 g/mol. The van der Waals surface area contributed by atoms with Crippen molar-refractivity contribution >= 4 is 5.91 Å². The maximum Gasteiger partial charge on any atom is 0.296 e. The summed E-state index contributed by atoms with van der Waals surface area (Å²) in [6, 6.07) is 0. The van der Waals surface area contributed by atoms with Crippen LogP contribution in [0.4, 0.5) is 0 Å². The third kappa shape index (κ3) is 5.44. The second-order valence-corrected chi connectivity index (χ2v) is 4.99. The third-order valence-corrected chi connectivity index (χ3v) is 2.19. The fraction of sp³-hybridized carbons (Fsp3) is 0.750. The summed E-state index contributed by atoms with van der Waals surface area (Å²) in [6.07, 6.45) is 2.52. The number of nitrogens with zero attached hydrogens (tertiary/aromatic N) is 1. The Morgan fingerprint density at radius 3 is 2.47 bits per heavy atom.